The number of aryl methyl sites for hydroxylation is 1. The standard InChI is InChI=1S/C19H13N3O5S2/c1-9-4-10-6-12(29(20,24)25)8-14-17(10)13(5-9)18-19(14)21-15-3-2-11(28-27-26-23)7-16(15)22-18/h2-8,23H,1H3,(H2,20,24,25). The average Bonchev–Trinajstić information content (AvgIpc) is 2.97. The van der Waals surface area contributed by atoms with E-state index in [1.807, 2.05) is 19.1 Å². The summed E-state index contributed by atoms with van der Waals surface area (Å²) in [6.07, 6.45) is 0. The number of nitrogens with two attached hydrogens (primary N) is 1. The Morgan fingerprint density at radius 3 is 2.45 bits per heavy atom. The Bertz CT molecular complexity index is 1440. The van der Waals surface area contributed by atoms with Crippen LogP contribution in [-0.4, -0.2) is 23.6 Å². The van der Waals surface area contributed by atoms with Gasteiger partial charge in [-0.05, 0) is 54.3 Å². The number of aromatic nitrogens is 2. The van der Waals surface area contributed by atoms with Crippen LogP contribution >= 0.6 is 12.0 Å². The number of benzene rings is 3. The van der Waals surface area contributed by atoms with Gasteiger partial charge in [-0.3, -0.25) is 0 Å². The second kappa shape index (κ2) is 6.46. The van der Waals surface area contributed by atoms with Crippen molar-refractivity contribution in [2.24, 2.45) is 5.14 Å². The minimum atomic E-state index is -3.87. The smallest absolute Gasteiger partial charge is 0.238 e. The predicted molar refractivity (Wildman–Crippen MR) is 108 cm³/mol. The number of fused-ring (bicyclic) bond motifs is 4. The van der Waals surface area contributed by atoms with Gasteiger partial charge >= 0.3 is 0 Å². The van der Waals surface area contributed by atoms with Crippen molar-refractivity contribution in [1.29, 1.82) is 0 Å². The summed E-state index contributed by atoms with van der Waals surface area (Å²) in [6, 6.07) is 12.3. The van der Waals surface area contributed by atoms with Crippen LogP contribution in [0.15, 0.2) is 52.3 Å². The topological polar surface area (TPSA) is 125 Å². The number of hydrogen-bond acceptors (Lipinski definition) is 8. The van der Waals surface area contributed by atoms with Gasteiger partial charge in [0.25, 0.3) is 0 Å². The molecule has 3 aromatic carbocycles. The van der Waals surface area contributed by atoms with Crippen LogP contribution in [0.25, 0.3) is 44.3 Å². The van der Waals surface area contributed by atoms with Crippen molar-refractivity contribution in [3.63, 3.8) is 0 Å². The highest BCUT2D eigenvalue weighted by molar-refractivity contribution is 7.94. The third kappa shape index (κ3) is 2.97. The number of hydrogen-bond donors (Lipinski definition) is 2. The van der Waals surface area contributed by atoms with Crippen LogP contribution in [0.3, 0.4) is 0 Å². The van der Waals surface area contributed by atoms with Crippen molar-refractivity contribution < 1.29 is 23.0 Å². The largest absolute Gasteiger partial charge is 0.244 e. The Morgan fingerprint density at radius 1 is 1.00 bits per heavy atom. The molecule has 0 spiro atoms. The molecule has 146 valence electrons. The number of rotatable bonds is 4. The molecule has 8 nitrogen and oxygen atoms in total. The van der Waals surface area contributed by atoms with Crippen molar-refractivity contribution in [2.45, 2.75) is 16.7 Å². The normalized spacial score (nSPS) is 12.7. The fourth-order valence-electron chi connectivity index (χ4n) is 3.69. The molecule has 0 radical (unpaired) electrons. The van der Waals surface area contributed by atoms with Gasteiger partial charge in [0.05, 0.1) is 39.4 Å². The molecular formula is C19H13N3O5S2. The minimum absolute atomic E-state index is 0.0409. The zero-order chi connectivity index (χ0) is 20.3. The van der Waals surface area contributed by atoms with Gasteiger partial charge in [0.1, 0.15) is 0 Å². The lowest BCUT2D eigenvalue weighted by Crippen LogP contribution is -2.12. The molecule has 0 amide bonds. The average molecular weight is 427 g/mol. The van der Waals surface area contributed by atoms with Crippen molar-refractivity contribution in [1.82, 2.24) is 9.97 Å². The molecule has 4 aromatic rings. The minimum Gasteiger partial charge on any atom is -0.244 e. The zero-order valence-electron chi connectivity index (χ0n) is 14.9. The van der Waals surface area contributed by atoms with Crippen LogP contribution in [-0.2, 0) is 19.4 Å². The van der Waals surface area contributed by atoms with Gasteiger partial charge in [0, 0.05) is 21.4 Å². The lowest BCUT2D eigenvalue weighted by molar-refractivity contribution is -0.432. The molecule has 0 fully saturated rings. The van der Waals surface area contributed by atoms with Crippen molar-refractivity contribution in [2.75, 3.05) is 0 Å². The van der Waals surface area contributed by atoms with E-state index in [4.69, 9.17) is 20.4 Å². The number of primary sulfonamides is 1. The lowest BCUT2D eigenvalue weighted by atomic mass is 10.0. The van der Waals surface area contributed by atoms with Crippen LogP contribution in [0.4, 0.5) is 0 Å². The molecule has 1 heterocycles. The van der Waals surface area contributed by atoms with E-state index in [0.717, 1.165) is 33.9 Å². The van der Waals surface area contributed by atoms with Crippen LogP contribution in [0.5, 0.6) is 0 Å². The van der Waals surface area contributed by atoms with Gasteiger partial charge in [-0.2, -0.15) is 0 Å². The van der Waals surface area contributed by atoms with Crippen LogP contribution < -0.4 is 5.14 Å². The van der Waals surface area contributed by atoms with Crippen molar-refractivity contribution in [3.05, 3.63) is 48.0 Å². The Morgan fingerprint density at radius 2 is 1.72 bits per heavy atom. The highest BCUT2D eigenvalue weighted by Crippen LogP contribution is 2.47. The third-order valence-corrected chi connectivity index (χ3v) is 6.27. The van der Waals surface area contributed by atoms with E-state index in [1.54, 1.807) is 30.3 Å². The molecular weight excluding hydrogens is 414 g/mol. The van der Waals surface area contributed by atoms with Crippen molar-refractivity contribution >= 4 is 43.9 Å². The van der Waals surface area contributed by atoms with E-state index in [9.17, 15) is 8.42 Å². The molecule has 0 saturated heterocycles. The predicted octanol–water partition coefficient (Wildman–Crippen LogP) is 3.81. The number of sulfonamides is 1. The van der Waals surface area contributed by atoms with Crippen molar-refractivity contribution in [3.8, 4) is 22.5 Å². The first-order valence-corrected chi connectivity index (χ1v) is 10.7. The maximum absolute atomic E-state index is 12.0. The van der Waals surface area contributed by atoms with Gasteiger partial charge in [0.15, 0.2) is 0 Å². The van der Waals surface area contributed by atoms with Crippen LogP contribution in [0.1, 0.15) is 5.56 Å². The SMILES string of the molecule is Cc1cc2c3c(cc(S(N)(=O)=O)cc3c1)-c1nc3ccc(SOOO)cc3nc1-2. The van der Waals surface area contributed by atoms with Gasteiger partial charge < -0.3 is 0 Å². The molecule has 0 bridgehead atoms. The molecule has 29 heavy (non-hydrogen) atoms. The maximum atomic E-state index is 12.0. The fraction of sp³-hybridized carbons (Fsp3) is 0.0526. The summed E-state index contributed by atoms with van der Waals surface area (Å²) >= 11 is 0.837. The van der Waals surface area contributed by atoms with E-state index in [2.05, 4.69) is 9.37 Å². The molecule has 3 N–H and O–H groups in total. The first-order chi connectivity index (χ1) is 13.8. The van der Waals surface area contributed by atoms with Crippen LogP contribution in [0, 0.1) is 6.92 Å². The summed E-state index contributed by atoms with van der Waals surface area (Å²) in [5, 5.41) is 19.0. The number of nitrogens with zero attached hydrogens (tertiary/aromatic N) is 2. The van der Waals surface area contributed by atoms with Gasteiger partial charge in [-0.15, -0.1) is 4.33 Å². The maximum Gasteiger partial charge on any atom is 0.238 e. The van der Waals surface area contributed by atoms with E-state index < -0.39 is 10.0 Å². The first kappa shape index (κ1) is 18.4. The molecule has 1 aliphatic carbocycles. The summed E-state index contributed by atoms with van der Waals surface area (Å²) in [7, 11) is -3.87. The highest BCUT2D eigenvalue weighted by Gasteiger charge is 2.27. The fourth-order valence-corrected chi connectivity index (χ4v) is 4.66. The lowest BCUT2D eigenvalue weighted by Gasteiger charge is -2.06. The molecule has 1 aromatic heterocycles. The van der Waals surface area contributed by atoms with E-state index in [-0.39, 0.29) is 4.90 Å². The monoisotopic (exact) mass is 427 g/mol. The van der Waals surface area contributed by atoms with Crippen LogP contribution in [0.2, 0.25) is 0 Å². The summed E-state index contributed by atoms with van der Waals surface area (Å²) in [5.74, 6) is 0. The second-order valence-corrected chi connectivity index (χ2v) is 9.06. The zero-order valence-corrected chi connectivity index (χ0v) is 16.5. The van der Waals surface area contributed by atoms with Gasteiger partial charge in [-0.1, -0.05) is 11.1 Å². The van der Waals surface area contributed by atoms with Gasteiger partial charge in [0.2, 0.25) is 10.0 Å². The summed E-state index contributed by atoms with van der Waals surface area (Å²) in [6.45, 7) is 1.94. The quantitative estimate of drug-likeness (QED) is 0.252. The Hall–Kier alpha value is -2.60. The molecule has 0 atom stereocenters. The van der Waals surface area contributed by atoms with E-state index >= 15 is 0 Å². The van der Waals surface area contributed by atoms with Gasteiger partial charge in [-0.25, -0.2) is 28.8 Å². The Balaban J connectivity index is 1.81. The first-order valence-electron chi connectivity index (χ1n) is 8.44. The second-order valence-electron chi connectivity index (χ2n) is 6.72. The Kier molecular flexibility index (Phi) is 4.10. The highest BCUT2D eigenvalue weighted by atomic mass is 32.2. The molecule has 1 aliphatic rings. The third-order valence-electron chi connectivity index (χ3n) is 4.80. The molecule has 0 unspecified atom stereocenters. The van der Waals surface area contributed by atoms with E-state index in [1.165, 1.54) is 0 Å². The summed E-state index contributed by atoms with van der Waals surface area (Å²) in [4.78, 5) is 10.2. The summed E-state index contributed by atoms with van der Waals surface area (Å²) < 4.78 is 28.5. The molecule has 0 saturated carbocycles. The molecule has 5 rings (SSSR count). The Labute approximate surface area is 169 Å². The molecule has 10 heteroatoms. The molecule has 0 aliphatic heterocycles. The van der Waals surface area contributed by atoms with E-state index in [0.29, 0.717) is 32.9 Å². The summed E-state index contributed by atoms with van der Waals surface area (Å²) in [5.41, 5.74) is 5.12.